The summed E-state index contributed by atoms with van der Waals surface area (Å²) in [6, 6.07) is 3.99. The van der Waals surface area contributed by atoms with Crippen LogP contribution in [0, 0.1) is 0 Å². The second-order valence-corrected chi connectivity index (χ2v) is 4.73. The van der Waals surface area contributed by atoms with Crippen LogP contribution in [0.2, 0.25) is 0 Å². The first-order valence-corrected chi connectivity index (χ1v) is 6.05. The Bertz CT molecular complexity index is 481. The topological polar surface area (TPSA) is 55.1 Å². The van der Waals surface area contributed by atoms with Crippen LogP contribution in [0.5, 0.6) is 0 Å². The van der Waals surface area contributed by atoms with Crippen molar-refractivity contribution in [1.29, 1.82) is 0 Å². The van der Waals surface area contributed by atoms with Crippen molar-refractivity contribution in [2.45, 2.75) is 32.9 Å². The molecule has 0 atom stereocenters. The van der Waals surface area contributed by atoms with E-state index in [1.165, 1.54) is 5.56 Å². The third-order valence-electron chi connectivity index (χ3n) is 2.58. The second kappa shape index (κ2) is 5.73. The minimum Gasteiger partial charge on any atom is -0.338 e. The van der Waals surface area contributed by atoms with E-state index in [1.54, 1.807) is 6.20 Å². The average molecular weight is 246 g/mol. The van der Waals surface area contributed by atoms with Crippen molar-refractivity contribution in [2.75, 3.05) is 7.05 Å². The zero-order valence-electron chi connectivity index (χ0n) is 11.0. The number of rotatable bonds is 5. The number of hydrogen-bond donors (Lipinski definition) is 0. The molecule has 18 heavy (non-hydrogen) atoms. The quantitative estimate of drug-likeness (QED) is 0.809. The molecular weight excluding hydrogens is 228 g/mol. The monoisotopic (exact) mass is 246 g/mol. The summed E-state index contributed by atoms with van der Waals surface area (Å²) < 4.78 is 5.22. The zero-order valence-corrected chi connectivity index (χ0v) is 11.0. The fraction of sp³-hybridized carbons (Fsp3) is 0.462. The Labute approximate surface area is 107 Å². The first-order chi connectivity index (χ1) is 8.65. The van der Waals surface area contributed by atoms with Crippen molar-refractivity contribution < 1.29 is 4.52 Å². The Balaban J connectivity index is 1.92. The molecule has 0 N–H and O–H groups in total. The molecule has 5 nitrogen and oxygen atoms in total. The Morgan fingerprint density at radius 2 is 2.17 bits per heavy atom. The molecule has 0 radical (unpaired) electrons. The molecule has 0 spiro atoms. The molecule has 0 aliphatic rings. The van der Waals surface area contributed by atoms with Gasteiger partial charge in [0, 0.05) is 24.9 Å². The van der Waals surface area contributed by atoms with Gasteiger partial charge in [0.25, 0.3) is 0 Å². The molecule has 2 rings (SSSR count). The van der Waals surface area contributed by atoms with Crippen LogP contribution >= 0.6 is 0 Å². The molecular formula is C13H18N4O. The maximum atomic E-state index is 5.22. The summed E-state index contributed by atoms with van der Waals surface area (Å²) in [5, 5.41) is 3.95. The van der Waals surface area contributed by atoms with Crippen molar-refractivity contribution in [3.63, 3.8) is 0 Å². The van der Waals surface area contributed by atoms with Crippen molar-refractivity contribution in [3.8, 4) is 0 Å². The highest BCUT2D eigenvalue weighted by Gasteiger charge is 2.11. The Morgan fingerprint density at radius 3 is 2.78 bits per heavy atom. The maximum absolute atomic E-state index is 5.22. The lowest BCUT2D eigenvalue weighted by molar-refractivity contribution is 0.260. The lowest BCUT2D eigenvalue weighted by Gasteiger charge is -2.13. The largest absolute Gasteiger partial charge is 0.338 e. The van der Waals surface area contributed by atoms with Crippen LogP contribution in [0.25, 0.3) is 0 Å². The molecule has 0 aliphatic heterocycles. The van der Waals surface area contributed by atoms with Crippen LogP contribution in [0.1, 0.15) is 37.0 Å². The summed E-state index contributed by atoms with van der Waals surface area (Å²) in [7, 11) is 2.02. The van der Waals surface area contributed by atoms with Gasteiger partial charge in [0.1, 0.15) is 0 Å². The first kappa shape index (κ1) is 12.7. The summed E-state index contributed by atoms with van der Waals surface area (Å²) >= 11 is 0. The Hall–Kier alpha value is -1.75. The van der Waals surface area contributed by atoms with Crippen molar-refractivity contribution in [1.82, 2.24) is 20.0 Å². The third kappa shape index (κ3) is 3.37. The van der Waals surface area contributed by atoms with E-state index >= 15 is 0 Å². The maximum Gasteiger partial charge on any atom is 0.240 e. The third-order valence-corrected chi connectivity index (χ3v) is 2.58. The summed E-state index contributed by atoms with van der Waals surface area (Å²) in [5.41, 5.74) is 1.17. The lowest BCUT2D eigenvalue weighted by atomic mass is 10.2. The van der Waals surface area contributed by atoms with E-state index in [4.69, 9.17) is 4.52 Å². The Kier molecular flexibility index (Phi) is 4.04. The predicted molar refractivity (Wildman–Crippen MR) is 67.8 cm³/mol. The smallest absolute Gasteiger partial charge is 0.240 e. The van der Waals surface area contributed by atoms with Crippen LogP contribution in [0.4, 0.5) is 0 Å². The molecule has 0 fully saturated rings. The number of hydrogen-bond acceptors (Lipinski definition) is 5. The predicted octanol–water partition coefficient (Wildman–Crippen LogP) is 2.22. The molecule has 0 saturated carbocycles. The van der Waals surface area contributed by atoms with Gasteiger partial charge in [0.2, 0.25) is 5.89 Å². The van der Waals surface area contributed by atoms with E-state index in [2.05, 4.69) is 26.1 Å². The fourth-order valence-electron chi connectivity index (χ4n) is 1.66. The van der Waals surface area contributed by atoms with E-state index in [0.717, 1.165) is 12.4 Å². The van der Waals surface area contributed by atoms with Crippen LogP contribution in [0.3, 0.4) is 0 Å². The second-order valence-electron chi connectivity index (χ2n) is 4.73. The van der Waals surface area contributed by atoms with E-state index in [1.807, 2.05) is 33.2 Å². The number of nitrogens with zero attached hydrogens (tertiary/aromatic N) is 4. The van der Waals surface area contributed by atoms with Crippen LogP contribution in [0.15, 0.2) is 29.0 Å². The van der Waals surface area contributed by atoms with E-state index < -0.39 is 0 Å². The van der Waals surface area contributed by atoms with Gasteiger partial charge in [0.15, 0.2) is 5.82 Å². The minimum atomic E-state index is 0.297. The van der Waals surface area contributed by atoms with Crippen LogP contribution in [-0.2, 0) is 13.1 Å². The summed E-state index contributed by atoms with van der Waals surface area (Å²) in [5.74, 6) is 1.72. The van der Waals surface area contributed by atoms with Gasteiger partial charge in [-0.05, 0) is 18.7 Å². The summed E-state index contributed by atoms with van der Waals surface area (Å²) in [4.78, 5) is 10.6. The normalized spacial score (nSPS) is 11.4. The molecule has 2 aromatic heterocycles. The first-order valence-electron chi connectivity index (χ1n) is 6.05. The highest BCUT2D eigenvalue weighted by Crippen LogP contribution is 2.11. The van der Waals surface area contributed by atoms with Gasteiger partial charge in [-0.2, -0.15) is 4.98 Å². The van der Waals surface area contributed by atoms with Gasteiger partial charge in [-0.25, -0.2) is 0 Å². The standard InChI is InChI=1S/C13H18N4O/c1-10(2)13-15-12(18-16-13)9-17(3)8-11-5-4-6-14-7-11/h4-7,10H,8-9H2,1-3H3. The van der Waals surface area contributed by atoms with Crippen molar-refractivity contribution in [2.24, 2.45) is 0 Å². The lowest BCUT2D eigenvalue weighted by Crippen LogP contribution is -2.17. The van der Waals surface area contributed by atoms with Gasteiger partial charge < -0.3 is 4.52 Å². The molecule has 0 aromatic carbocycles. The van der Waals surface area contributed by atoms with Gasteiger partial charge in [-0.3, -0.25) is 9.88 Å². The van der Waals surface area contributed by atoms with E-state index in [0.29, 0.717) is 18.4 Å². The van der Waals surface area contributed by atoms with Gasteiger partial charge >= 0.3 is 0 Å². The summed E-state index contributed by atoms with van der Waals surface area (Å²) in [6.45, 7) is 5.56. The highest BCUT2D eigenvalue weighted by atomic mass is 16.5. The van der Waals surface area contributed by atoms with Crippen molar-refractivity contribution in [3.05, 3.63) is 41.8 Å². The van der Waals surface area contributed by atoms with E-state index in [9.17, 15) is 0 Å². The molecule has 5 heteroatoms. The molecule has 0 bridgehead atoms. The van der Waals surface area contributed by atoms with Crippen LogP contribution < -0.4 is 0 Å². The SMILES string of the molecule is CC(C)c1noc(CN(C)Cc2cccnc2)n1. The van der Waals surface area contributed by atoms with Gasteiger partial charge in [0.05, 0.1) is 6.54 Å². The molecule has 0 unspecified atom stereocenters. The minimum absolute atomic E-state index is 0.297. The molecule has 0 aliphatic carbocycles. The number of pyridine rings is 1. The zero-order chi connectivity index (χ0) is 13.0. The van der Waals surface area contributed by atoms with E-state index in [-0.39, 0.29) is 0 Å². The van der Waals surface area contributed by atoms with Gasteiger partial charge in [-0.1, -0.05) is 25.1 Å². The number of aromatic nitrogens is 3. The van der Waals surface area contributed by atoms with Gasteiger partial charge in [-0.15, -0.1) is 0 Å². The molecule has 0 amide bonds. The van der Waals surface area contributed by atoms with Crippen LogP contribution in [-0.4, -0.2) is 27.1 Å². The van der Waals surface area contributed by atoms with Crippen molar-refractivity contribution >= 4 is 0 Å². The average Bonchev–Trinajstić information content (AvgIpc) is 2.78. The summed E-state index contributed by atoms with van der Waals surface area (Å²) in [6.07, 6.45) is 3.64. The fourth-order valence-corrected chi connectivity index (χ4v) is 1.66. The molecule has 2 aromatic rings. The molecule has 0 saturated heterocycles. The highest BCUT2D eigenvalue weighted by molar-refractivity contribution is 5.08. The Morgan fingerprint density at radius 1 is 1.33 bits per heavy atom. The molecule has 2 heterocycles. The molecule has 96 valence electrons.